The molecule has 1 amide bonds. The molecule has 0 bridgehead atoms. The molecular weight excluding hydrogens is 382 g/mol. The highest BCUT2D eigenvalue weighted by Gasteiger charge is 2.28. The zero-order valence-corrected chi connectivity index (χ0v) is 16.6. The minimum Gasteiger partial charge on any atom is -0.493 e. The Morgan fingerprint density at radius 2 is 1.96 bits per heavy atom. The van der Waals surface area contributed by atoms with Crippen molar-refractivity contribution in [2.24, 2.45) is 0 Å². The molecule has 1 heterocycles. The molecule has 27 heavy (non-hydrogen) atoms. The van der Waals surface area contributed by atoms with E-state index in [9.17, 15) is 9.59 Å². The maximum Gasteiger partial charge on any atom is 0.343 e. The van der Waals surface area contributed by atoms with Crippen LogP contribution in [0.4, 0.5) is 0 Å². The van der Waals surface area contributed by atoms with Gasteiger partial charge in [-0.1, -0.05) is 47.7 Å². The highest BCUT2D eigenvalue weighted by Crippen LogP contribution is 2.34. The molecule has 1 saturated heterocycles. The quantitative estimate of drug-likeness (QED) is 0.335. The Balaban J connectivity index is 1.84. The largest absolute Gasteiger partial charge is 0.493 e. The zero-order valence-electron chi connectivity index (χ0n) is 15.0. The van der Waals surface area contributed by atoms with Crippen molar-refractivity contribution in [1.29, 1.82) is 0 Å². The van der Waals surface area contributed by atoms with Gasteiger partial charge in [0.2, 0.25) is 0 Å². The minimum absolute atomic E-state index is 0.140. The molecule has 1 aliphatic rings. The highest BCUT2D eigenvalue weighted by atomic mass is 32.2. The number of methoxy groups -OCH3 is 1. The number of hydrogen-bond donors (Lipinski definition) is 0. The van der Waals surface area contributed by atoms with Crippen molar-refractivity contribution in [1.82, 2.24) is 4.90 Å². The summed E-state index contributed by atoms with van der Waals surface area (Å²) in [6.07, 6.45) is 1.73. The first-order valence-electron chi connectivity index (χ1n) is 8.07. The second-order valence-electron chi connectivity index (χ2n) is 5.91. The summed E-state index contributed by atoms with van der Waals surface area (Å²) in [6.45, 7) is 1.91. The average molecular weight is 399 g/mol. The third-order valence-electron chi connectivity index (χ3n) is 3.93. The zero-order chi connectivity index (χ0) is 19.6. The number of nitrogens with zero attached hydrogens (tertiary/aromatic N) is 1. The molecule has 1 fully saturated rings. The Bertz CT molecular complexity index is 968. The fourth-order valence-electron chi connectivity index (χ4n) is 2.49. The topological polar surface area (TPSA) is 55.8 Å². The van der Waals surface area contributed by atoms with Gasteiger partial charge in [-0.25, -0.2) is 4.79 Å². The van der Waals surface area contributed by atoms with Gasteiger partial charge in [0.05, 0.1) is 17.6 Å². The van der Waals surface area contributed by atoms with Crippen molar-refractivity contribution >= 4 is 46.3 Å². The van der Waals surface area contributed by atoms with Crippen LogP contribution in [-0.4, -0.2) is 35.3 Å². The van der Waals surface area contributed by atoms with Crippen LogP contribution in [0.5, 0.6) is 11.5 Å². The molecular formula is C20H17NO4S2. The lowest BCUT2D eigenvalue weighted by atomic mass is 10.1. The second kappa shape index (κ2) is 7.94. The fourth-order valence-corrected chi connectivity index (χ4v) is 3.67. The summed E-state index contributed by atoms with van der Waals surface area (Å²) >= 11 is 6.38. The second-order valence-corrected chi connectivity index (χ2v) is 7.59. The van der Waals surface area contributed by atoms with Gasteiger partial charge in [-0.15, -0.1) is 0 Å². The first-order chi connectivity index (χ1) is 12.9. The summed E-state index contributed by atoms with van der Waals surface area (Å²) in [7, 11) is 3.14. The van der Waals surface area contributed by atoms with Crippen LogP contribution in [0, 0.1) is 6.92 Å². The molecule has 7 heteroatoms. The highest BCUT2D eigenvalue weighted by molar-refractivity contribution is 8.26. The molecule has 0 atom stereocenters. The molecule has 0 spiro atoms. The van der Waals surface area contributed by atoms with Gasteiger partial charge in [0.25, 0.3) is 5.91 Å². The summed E-state index contributed by atoms with van der Waals surface area (Å²) in [5.74, 6) is 0.108. The Morgan fingerprint density at radius 3 is 2.59 bits per heavy atom. The number of amides is 1. The molecule has 2 aromatic carbocycles. The molecule has 0 saturated carbocycles. The van der Waals surface area contributed by atoms with Crippen LogP contribution < -0.4 is 9.47 Å². The number of carbonyl (C=O) groups is 2. The summed E-state index contributed by atoms with van der Waals surface area (Å²) in [5, 5.41) is 0. The Morgan fingerprint density at radius 1 is 1.19 bits per heavy atom. The van der Waals surface area contributed by atoms with E-state index in [-0.39, 0.29) is 5.91 Å². The van der Waals surface area contributed by atoms with E-state index >= 15 is 0 Å². The van der Waals surface area contributed by atoms with Gasteiger partial charge in [-0.05, 0) is 42.8 Å². The molecule has 138 valence electrons. The van der Waals surface area contributed by atoms with E-state index in [4.69, 9.17) is 21.7 Å². The van der Waals surface area contributed by atoms with E-state index < -0.39 is 5.97 Å². The summed E-state index contributed by atoms with van der Waals surface area (Å²) in [4.78, 5) is 26.4. The number of ether oxygens (including phenoxy) is 2. The predicted octanol–water partition coefficient (Wildman–Crippen LogP) is 4.05. The van der Waals surface area contributed by atoms with Gasteiger partial charge >= 0.3 is 5.97 Å². The van der Waals surface area contributed by atoms with Gasteiger partial charge in [0, 0.05) is 7.05 Å². The number of thioether (sulfide) groups is 1. The van der Waals surface area contributed by atoms with Crippen LogP contribution in [0.2, 0.25) is 0 Å². The van der Waals surface area contributed by atoms with E-state index in [0.29, 0.717) is 26.3 Å². The minimum atomic E-state index is -0.461. The van der Waals surface area contributed by atoms with E-state index in [0.717, 1.165) is 11.1 Å². The third kappa shape index (κ3) is 4.20. The lowest BCUT2D eigenvalue weighted by molar-refractivity contribution is -0.121. The third-order valence-corrected chi connectivity index (χ3v) is 5.41. The molecule has 3 rings (SSSR count). The number of rotatable bonds is 4. The van der Waals surface area contributed by atoms with Crippen molar-refractivity contribution in [3.63, 3.8) is 0 Å². The van der Waals surface area contributed by atoms with Crippen molar-refractivity contribution in [2.75, 3.05) is 14.2 Å². The molecule has 0 aromatic heterocycles. The van der Waals surface area contributed by atoms with E-state index in [1.807, 2.05) is 13.0 Å². The number of carbonyl (C=O) groups excluding carboxylic acids is 2. The number of hydrogen-bond acceptors (Lipinski definition) is 6. The summed E-state index contributed by atoms with van der Waals surface area (Å²) < 4.78 is 11.3. The number of thiocarbonyl (C=S) groups is 1. The molecule has 0 aliphatic carbocycles. The van der Waals surface area contributed by atoms with Crippen LogP contribution in [0.15, 0.2) is 47.4 Å². The normalized spacial score (nSPS) is 15.4. The lowest BCUT2D eigenvalue weighted by Gasteiger charge is -2.10. The van der Waals surface area contributed by atoms with E-state index in [1.54, 1.807) is 49.5 Å². The molecule has 0 radical (unpaired) electrons. The van der Waals surface area contributed by atoms with Crippen LogP contribution in [0.3, 0.4) is 0 Å². The first kappa shape index (κ1) is 19.1. The van der Waals surface area contributed by atoms with Crippen LogP contribution >= 0.6 is 24.0 Å². The monoisotopic (exact) mass is 399 g/mol. The maximum atomic E-state index is 12.4. The van der Waals surface area contributed by atoms with Crippen molar-refractivity contribution in [2.45, 2.75) is 6.92 Å². The van der Waals surface area contributed by atoms with Gasteiger partial charge in [-0.2, -0.15) is 0 Å². The lowest BCUT2D eigenvalue weighted by Crippen LogP contribution is -2.22. The molecule has 0 unspecified atom stereocenters. The van der Waals surface area contributed by atoms with Gasteiger partial charge in [0.1, 0.15) is 4.32 Å². The van der Waals surface area contributed by atoms with Gasteiger partial charge < -0.3 is 9.47 Å². The summed E-state index contributed by atoms with van der Waals surface area (Å²) in [6, 6.07) is 12.3. The number of esters is 1. The van der Waals surface area contributed by atoms with Crippen LogP contribution in [0.25, 0.3) is 6.08 Å². The summed E-state index contributed by atoms with van der Waals surface area (Å²) in [5.41, 5.74) is 2.18. The molecule has 5 nitrogen and oxygen atoms in total. The predicted molar refractivity (Wildman–Crippen MR) is 110 cm³/mol. The fraction of sp³-hybridized carbons (Fsp3) is 0.150. The number of likely N-dealkylation sites (N-methyl/N-ethyl adjacent to an activating group) is 1. The number of aryl methyl sites for hydroxylation is 1. The van der Waals surface area contributed by atoms with Gasteiger partial charge in [-0.3, -0.25) is 9.69 Å². The van der Waals surface area contributed by atoms with E-state index in [2.05, 4.69) is 0 Å². The number of benzene rings is 2. The molecule has 0 N–H and O–H groups in total. The Hall–Kier alpha value is -2.64. The van der Waals surface area contributed by atoms with Crippen molar-refractivity contribution in [3.05, 3.63) is 64.1 Å². The standard InChI is InChI=1S/C20H17NO4S2/c1-12-5-4-6-14(9-12)19(23)25-15-8-7-13(10-16(15)24-3)11-17-18(22)21(2)20(26)27-17/h4-11H,1-3H3/b17-11+. The maximum absolute atomic E-state index is 12.4. The Labute approximate surface area is 167 Å². The van der Waals surface area contributed by atoms with Gasteiger partial charge in [0.15, 0.2) is 11.5 Å². The molecule has 1 aliphatic heterocycles. The van der Waals surface area contributed by atoms with E-state index in [1.165, 1.54) is 23.8 Å². The first-order valence-corrected chi connectivity index (χ1v) is 9.30. The van der Waals surface area contributed by atoms with Crippen LogP contribution in [-0.2, 0) is 4.79 Å². The molecule has 2 aromatic rings. The van der Waals surface area contributed by atoms with Crippen LogP contribution in [0.1, 0.15) is 21.5 Å². The van der Waals surface area contributed by atoms with Crippen molar-refractivity contribution in [3.8, 4) is 11.5 Å². The van der Waals surface area contributed by atoms with Crippen molar-refractivity contribution < 1.29 is 19.1 Å². The SMILES string of the molecule is COc1cc(/C=C2/SC(=S)N(C)C2=O)ccc1OC(=O)c1cccc(C)c1. The average Bonchev–Trinajstić information content (AvgIpc) is 2.89. The smallest absolute Gasteiger partial charge is 0.343 e. The Kier molecular flexibility index (Phi) is 5.62.